The Hall–Kier alpha value is -2.29. The van der Waals surface area contributed by atoms with Gasteiger partial charge in [0.15, 0.2) is 0 Å². The molecule has 19 heavy (non-hydrogen) atoms. The first kappa shape index (κ1) is 11.8. The van der Waals surface area contributed by atoms with Gasteiger partial charge in [-0.15, -0.1) is 5.10 Å². The Morgan fingerprint density at radius 3 is 3.05 bits per heavy atom. The number of rotatable bonds is 3. The van der Waals surface area contributed by atoms with Crippen molar-refractivity contribution in [1.29, 1.82) is 0 Å². The highest BCUT2D eigenvalue weighted by atomic mass is 16.5. The van der Waals surface area contributed by atoms with Crippen LogP contribution in [0.15, 0.2) is 8.94 Å². The molecule has 2 aromatic heterocycles. The van der Waals surface area contributed by atoms with Gasteiger partial charge in [0.1, 0.15) is 0 Å². The minimum absolute atomic E-state index is 0.00726. The molecule has 9 heteroatoms. The first-order valence-electron chi connectivity index (χ1n) is 5.91. The maximum atomic E-state index is 11.8. The number of anilines is 1. The number of carbonyl (C=O) groups is 1. The van der Waals surface area contributed by atoms with Crippen molar-refractivity contribution in [2.24, 2.45) is 0 Å². The highest BCUT2D eigenvalue weighted by Crippen LogP contribution is 2.21. The molecule has 0 spiro atoms. The zero-order chi connectivity index (χ0) is 13.2. The fourth-order valence-electron chi connectivity index (χ4n) is 1.86. The van der Waals surface area contributed by atoms with E-state index >= 15 is 0 Å². The number of hydrogen-bond acceptors (Lipinski definition) is 8. The number of nitrogens with zero attached hydrogens (tertiary/aromatic N) is 4. The van der Waals surface area contributed by atoms with Crippen molar-refractivity contribution in [2.45, 2.75) is 25.8 Å². The van der Waals surface area contributed by atoms with Crippen LogP contribution in [0.3, 0.4) is 0 Å². The average Bonchev–Trinajstić information content (AvgIpc) is 3.08. The SMILES string of the molecule is Cc1nnc(NC(=O)c2noc(C3CCCN3)n2)o1. The number of hydrogen-bond donors (Lipinski definition) is 2. The molecule has 1 unspecified atom stereocenters. The van der Waals surface area contributed by atoms with Crippen LogP contribution in [0.2, 0.25) is 0 Å². The normalized spacial score (nSPS) is 18.7. The molecule has 0 bridgehead atoms. The third-order valence-corrected chi connectivity index (χ3v) is 2.75. The van der Waals surface area contributed by atoms with Gasteiger partial charge < -0.3 is 14.3 Å². The van der Waals surface area contributed by atoms with Gasteiger partial charge in [-0.25, -0.2) is 0 Å². The molecular formula is C10H12N6O3. The molecule has 0 aromatic carbocycles. The average molecular weight is 264 g/mol. The van der Waals surface area contributed by atoms with Crippen LogP contribution in [0.25, 0.3) is 0 Å². The largest absolute Gasteiger partial charge is 0.408 e. The number of carbonyl (C=O) groups excluding carboxylic acids is 1. The molecule has 100 valence electrons. The predicted molar refractivity (Wildman–Crippen MR) is 61.3 cm³/mol. The zero-order valence-corrected chi connectivity index (χ0v) is 10.2. The molecule has 0 aliphatic carbocycles. The Balaban J connectivity index is 1.69. The second-order valence-corrected chi connectivity index (χ2v) is 4.19. The van der Waals surface area contributed by atoms with E-state index in [4.69, 9.17) is 8.94 Å². The summed E-state index contributed by atoms with van der Waals surface area (Å²) in [5.74, 6) is 0.180. The van der Waals surface area contributed by atoms with Crippen molar-refractivity contribution >= 4 is 11.9 Å². The molecule has 2 N–H and O–H groups in total. The van der Waals surface area contributed by atoms with E-state index in [1.165, 1.54) is 0 Å². The van der Waals surface area contributed by atoms with Crippen LogP contribution in [-0.2, 0) is 0 Å². The topological polar surface area (TPSA) is 119 Å². The minimum atomic E-state index is -0.545. The summed E-state index contributed by atoms with van der Waals surface area (Å²) in [5.41, 5.74) is 0. The molecule has 0 saturated carbocycles. The van der Waals surface area contributed by atoms with Gasteiger partial charge in [0.05, 0.1) is 6.04 Å². The van der Waals surface area contributed by atoms with E-state index < -0.39 is 5.91 Å². The van der Waals surface area contributed by atoms with Gasteiger partial charge in [0.2, 0.25) is 11.8 Å². The smallest absolute Gasteiger partial charge is 0.322 e. The van der Waals surface area contributed by atoms with Crippen LogP contribution in [0, 0.1) is 6.92 Å². The molecule has 1 aliphatic rings. The van der Waals surface area contributed by atoms with E-state index in [1.807, 2.05) is 0 Å². The Morgan fingerprint density at radius 1 is 1.47 bits per heavy atom. The molecule has 1 atom stereocenters. The van der Waals surface area contributed by atoms with Crippen LogP contribution in [0.5, 0.6) is 0 Å². The van der Waals surface area contributed by atoms with E-state index in [0.717, 1.165) is 19.4 Å². The van der Waals surface area contributed by atoms with E-state index in [9.17, 15) is 4.79 Å². The van der Waals surface area contributed by atoms with Crippen LogP contribution < -0.4 is 10.6 Å². The molecule has 2 aromatic rings. The Morgan fingerprint density at radius 2 is 2.37 bits per heavy atom. The van der Waals surface area contributed by atoms with Crippen LogP contribution in [0.1, 0.15) is 41.3 Å². The summed E-state index contributed by atoms with van der Waals surface area (Å²) >= 11 is 0. The number of nitrogens with one attached hydrogen (secondary N) is 2. The van der Waals surface area contributed by atoms with E-state index in [2.05, 4.69) is 31.0 Å². The van der Waals surface area contributed by atoms with Crippen molar-refractivity contribution in [3.05, 3.63) is 17.6 Å². The van der Waals surface area contributed by atoms with Gasteiger partial charge in [-0.2, -0.15) is 4.98 Å². The lowest BCUT2D eigenvalue weighted by Crippen LogP contribution is -2.16. The molecule has 1 fully saturated rings. The summed E-state index contributed by atoms with van der Waals surface area (Å²) in [7, 11) is 0. The maximum Gasteiger partial charge on any atom is 0.322 e. The van der Waals surface area contributed by atoms with Gasteiger partial charge >= 0.3 is 11.9 Å². The molecule has 3 heterocycles. The second-order valence-electron chi connectivity index (χ2n) is 4.19. The molecule has 9 nitrogen and oxygen atoms in total. The van der Waals surface area contributed by atoms with Gasteiger partial charge in [-0.05, 0) is 19.4 Å². The fourth-order valence-corrected chi connectivity index (χ4v) is 1.86. The summed E-state index contributed by atoms with van der Waals surface area (Å²) < 4.78 is 10.1. The predicted octanol–water partition coefficient (Wildman–Crippen LogP) is 0.438. The summed E-state index contributed by atoms with van der Waals surface area (Å²) in [5, 5.41) is 16.5. The Bertz CT molecular complexity index is 586. The molecular weight excluding hydrogens is 252 g/mol. The van der Waals surface area contributed by atoms with Gasteiger partial charge in [-0.3, -0.25) is 10.1 Å². The summed E-state index contributed by atoms with van der Waals surface area (Å²) in [6, 6.07) is 0.0348. The molecule has 1 aliphatic heterocycles. The van der Waals surface area contributed by atoms with Crippen LogP contribution in [-0.4, -0.2) is 32.8 Å². The number of aryl methyl sites for hydroxylation is 1. The van der Waals surface area contributed by atoms with Crippen LogP contribution >= 0.6 is 0 Å². The summed E-state index contributed by atoms with van der Waals surface area (Å²) in [6.07, 6.45) is 1.97. The highest BCUT2D eigenvalue weighted by molar-refractivity contribution is 6.00. The quantitative estimate of drug-likeness (QED) is 0.819. The summed E-state index contributed by atoms with van der Waals surface area (Å²) in [4.78, 5) is 15.9. The van der Waals surface area contributed by atoms with Crippen molar-refractivity contribution in [3.63, 3.8) is 0 Å². The standard InChI is InChI=1S/C10H12N6O3/c1-5-14-15-10(18-5)13-8(17)7-12-9(19-16-7)6-3-2-4-11-6/h6,11H,2-4H2,1H3,(H,13,15,17). The maximum absolute atomic E-state index is 11.8. The van der Waals surface area contributed by atoms with E-state index in [-0.39, 0.29) is 17.9 Å². The van der Waals surface area contributed by atoms with Gasteiger partial charge in [-0.1, -0.05) is 10.3 Å². The lowest BCUT2D eigenvalue weighted by molar-refractivity contribution is 0.101. The van der Waals surface area contributed by atoms with Crippen molar-refractivity contribution in [2.75, 3.05) is 11.9 Å². The Kier molecular flexibility index (Phi) is 2.95. The van der Waals surface area contributed by atoms with Crippen molar-refractivity contribution in [1.82, 2.24) is 25.7 Å². The monoisotopic (exact) mass is 264 g/mol. The first-order valence-corrected chi connectivity index (χ1v) is 5.91. The lowest BCUT2D eigenvalue weighted by Gasteiger charge is -2.01. The van der Waals surface area contributed by atoms with E-state index in [1.54, 1.807) is 6.92 Å². The van der Waals surface area contributed by atoms with Gasteiger partial charge in [0.25, 0.3) is 5.82 Å². The van der Waals surface area contributed by atoms with Gasteiger partial charge in [0, 0.05) is 6.92 Å². The Labute approximate surface area is 107 Å². The number of amides is 1. The third kappa shape index (κ3) is 2.45. The second kappa shape index (κ2) is 4.76. The van der Waals surface area contributed by atoms with Crippen molar-refractivity contribution in [3.8, 4) is 0 Å². The highest BCUT2D eigenvalue weighted by Gasteiger charge is 2.24. The molecule has 1 amide bonds. The summed E-state index contributed by atoms with van der Waals surface area (Å²) in [6.45, 7) is 2.54. The van der Waals surface area contributed by atoms with Crippen LogP contribution in [0.4, 0.5) is 6.01 Å². The zero-order valence-electron chi connectivity index (χ0n) is 10.2. The van der Waals surface area contributed by atoms with Crippen molar-refractivity contribution < 1.29 is 13.7 Å². The molecule has 3 rings (SSSR count). The minimum Gasteiger partial charge on any atom is -0.408 e. The fraction of sp³-hybridized carbons (Fsp3) is 0.500. The first-order chi connectivity index (χ1) is 9.22. The molecule has 0 radical (unpaired) electrons. The lowest BCUT2D eigenvalue weighted by atomic mass is 10.2. The number of aromatic nitrogens is 4. The third-order valence-electron chi connectivity index (χ3n) is 2.75. The van der Waals surface area contributed by atoms with E-state index in [0.29, 0.717) is 11.8 Å². The molecule has 1 saturated heterocycles.